The highest BCUT2D eigenvalue weighted by atomic mass is 16.7. The number of fused-ring (bicyclic) bond motifs is 4. The van der Waals surface area contributed by atoms with Gasteiger partial charge in [0.2, 0.25) is 18.3 Å². The Morgan fingerprint density at radius 2 is 1.64 bits per heavy atom. The van der Waals surface area contributed by atoms with Crippen molar-refractivity contribution in [1.82, 2.24) is 0 Å². The van der Waals surface area contributed by atoms with Gasteiger partial charge in [0, 0.05) is 28.2 Å². The zero-order chi connectivity index (χ0) is 26.1. The van der Waals surface area contributed by atoms with Crippen LogP contribution < -0.4 is 28.4 Å². The van der Waals surface area contributed by atoms with Crippen LogP contribution in [0, 0.1) is 11.8 Å². The molecule has 0 saturated heterocycles. The lowest BCUT2D eigenvalue weighted by atomic mass is 9.75. The summed E-state index contributed by atoms with van der Waals surface area (Å²) in [5.41, 5.74) is 3.77. The van der Waals surface area contributed by atoms with Crippen LogP contribution >= 0.6 is 0 Å². The van der Waals surface area contributed by atoms with E-state index < -0.39 is 6.10 Å². The lowest BCUT2D eigenvalue weighted by Gasteiger charge is -2.35. The average molecular weight is 499 g/mol. The number of allylic oxidation sites excluding steroid dienone is 1. The Morgan fingerprint density at radius 3 is 2.25 bits per heavy atom. The average Bonchev–Trinajstić information content (AvgIpc) is 3.36. The fourth-order valence-corrected chi connectivity index (χ4v) is 4.96. The molecule has 4 rings (SSSR count). The molecule has 0 radical (unpaired) electrons. The van der Waals surface area contributed by atoms with Gasteiger partial charge in [-0.15, -0.1) is 0 Å². The maximum absolute atomic E-state index is 13.0. The number of hydrogen-bond donors (Lipinski definition) is 0. The van der Waals surface area contributed by atoms with Crippen molar-refractivity contribution in [3.63, 3.8) is 0 Å². The van der Waals surface area contributed by atoms with Crippen LogP contribution in [-0.4, -0.2) is 41.2 Å². The first-order valence-corrected chi connectivity index (χ1v) is 12.0. The van der Waals surface area contributed by atoms with Gasteiger partial charge in [-0.2, -0.15) is 0 Å². The number of benzene rings is 2. The van der Waals surface area contributed by atoms with Crippen LogP contribution in [0.3, 0.4) is 0 Å². The monoisotopic (exact) mass is 498 g/mol. The van der Waals surface area contributed by atoms with Crippen LogP contribution in [-0.2, 0) is 16.0 Å². The van der Waals surface area contributed by atoms with E-state index in [1.807, 2.05) is 19.1 Å². The molecule has 0 bridgehead atoms. The number of esters is 1. The molecule has 1 aliphatic heterocycles. The third-order valence-corrected chi connectivity index (χ3v) is 7.23. The van der Waals surface area contributed by atoms with Crippen LogP contribution in [0.25, 0.3) is 11.1 Å². The summed E-state index contributed by atoms with van der Waals surface area (Å²) in [5, 5.41) is 0. The molecular formula is C28H34O8. The molecule has 0 spiro atoms. The van der Waals surface area contributed by atoms with Gasteiger partial charge in [-0.25, -0.2) is 4.79 Å². The predicted octanol–water partition coefficient (Wildman–Crippen LogP) is 5.50. The number of carbonyl (C=O) groups excluding carboxylic acids is 1. The summed E-state index contributed by atoms with van der Waals surface area (Å²) in [5.74, 6) is 2.78. The van der Waals surface area contributed by atoms with Crippen molar-refractivity contribution in [3.05, 3.63) is 34.9 Å². The van der Waals surface area contributed by atoms with Gasteiger partial charge in [0.05, 0.1) is 28.4 Å². The van der Waals surface area contributed by atoms with Crippen molar-refractivity contribution in [3.8, 4) is 45.6 Å². The van der Waals surface area contributed by atoms with Gasteiger partial charge >= 0.3 is 5.97 Å². The van der Waals surface area contributed by atoms with Crippen LogP contribution in [0.15, 0.2) is 23.8 Å². The van der Waals surface area contributed by atoms with Gasteiger partial charge in [-0.05, 0) is 43.9 Å². The topological polar surface area (TPSA) is 81.7 Å². The second-order valence-corrected chi connectivity index (χ2v) is 9.13. The Bertz CT molecular complexity index is 1200. The Hall–Kier alpha value is -3.55. The Kier molecular flexibility index (Phi) is 7.24. The first-order chi connectivity index (χ1) is 17.3. The zero-order valence-corrected chi connectivity index (χ0v) is 22.1. The van der Waals surface area contributed by atoms with Gasteiger partial charge in [0.1, 0.15) is 6.10 Å². The van der Waals surface area contributed by atoms with E-state index in [9.17, 15) is 4.79 Å². The normalized spacial score (nSPS) is 20.4. The second-order valence-electron chi connectivity index (χ2n) is 9.13. The molecule has 0 saturated carbocycles. The predicted molar refractivity (Wildman–Crippen MR) is 135 cm³/mol. The van der Waals surface area contributed by atoms with E-state index in [-0.39, 0.29) is 24.6 Å². The van der Waals surface area contributed by atoms with Crippen LogP contribution in [0.2, 0.25) is 0 Å². The van der Waals surface area contributed by atoms with Crippen LogP contribution in [0.1, 0.15) is 44.9 Å². The molecule has 36 heavy (non-hydrogen) atoms. The smallest absolute Gasteiger partial charge is 0.333 e. The van der Waals surface area contributed by atoms with Crippen molar-refractivity contribution >= 4 is 5.97 Å². The van der Waals surface area contributed by atoms with Crippen molar-refractivity contribution in [2.24, 2.45) is 11.8 Å². The SMILES string of the molecule is C/C=C(/C)C(=O)O[C@@H]1c2cc(OC)c(OC)c(OC)c2-c2c(cc3c(c2OC)OCO3)C[C@H](C)[C@H]1C. The lowest BCUT2D eigenvalue weighted by molar-refractivity contribution is -0.148. The highest BCUT2D eigenvalue weighted by Gasteiger charge is 2.39. The zero-order valence-electron chi connectivity index (χ0n) is 22.1. The quantitative estimate of drug-likeness (QED) is 0.382. The molecule has 0 N–H and O–H groups in total. The standard InChI is InChI=1S/C28H34O8/c1-9-14(2)28(29)36-23-16(4)15(3)10-17-11-20-25(35-13-34-20)26(32-7)21(17)22-18(23)12-19(30-5)24(31-6)27(22)33-8/h9,11-12,15-16,23H,10,13H2,1-8H3/b14-9-/t15-,16+,23-/m0/s1. The molecule has 2 aromatic rings. The van der Waals surface area contributed by atoms with Gasteiger partial charge in [-0.1, -0.05) is 19.9 Å². The number of carbonyl (C=O) groups is 1. The number of hydrogen-bond acceptors (Lipinski definition) is 8. The van der Waals surface area contributed by atoms with E-state index in [1.165, 1.54) is 0 Å². The molecule has 8 heteroatoms. The van der Waals surface area contributed by atoms with E-state index in [1.54, 1.807) is 41.4 Å². The van der Waals surface area contributed by atoms with E-state index in [2.05, 4.69) is 13.8 Å². The molecule has 2 aliphatic rings. The molecule has 1 heterocycles. The second kappa shape index (κ2) is 10.2. The molecule has 0 unspecified atom stereocenters. The first kappa shape index (κ1) is 25.5. The molecule has 0 aromatic heterocycles. The molecular weight excluding hydrogens is 464 g/mol. The number of ether oxygens (including phenoxy) is 7. The molecule has 1 aliphatic carbocycles. The van der Waals surface area contributed by atoms with Gasteiger partial charge in [0.15, 0.2) is 23.0 Å². The molecule has 194 valence electrons. The van der Waals surface area contributed by atoms with Crippen molar-refractivity contribution in [2.75, 3.05) is 35.2 Å². The first-order valence-electron chi connectivity index (χ1n) is 12.0. The summed E-state index contributed by atoms with van der Waals surface area (Å²) in [7, 11) is 6.30. The highest BCUT2D eigenvalue weighted by Crippen LogP contribution is 2.58. The molecule has 0 amide bonds. The Morgan fingerprint density at radius 1 is 0.944 bits per heavy atom. The largest absolute Gasteiger partial charge is 0.493 e. The van der Waals surface area contributed by atoms with Crippen molar-refractivity contribution < 1.29 is 38.0 Å². The minimum Gasteiger partial charge on any atom is -0.493 e. The maximum Gasteiger partial charge on any atom is 0.333 e. The fraction of sp³-hybridized carbons (Fsp3) is 0.464. The van der Waals surface area contributed by atoms with E-state index in [4.69, 9.17) is 33.2 Å². The third kappa shape index (κ3) is 4.08. The Balaban J connectivity index is 2.13. The van der Waals surface area contributed by atoms with Gasteiger partial charge in [-0.3, -0.25) is 0 Å². The minimum absolute atomic E-state index is 0.0373. The van der Waals surface area contributed by atoms with Crippen LogP contribution in [0.4, 0.5) is 0 Å². The summed E-state index contributed by atoms with van der Waals surface area (Å²) in [6.07, 6.45) is 1.85. The lowest BCUT2D eigenvalue weighted by Crippen LogP contribution is -2.27. The minimum atomic E-state index is -0.589. The van der Waals surface area contributed by atoms with Crippen molar-refractivity contribution in [1.29, 1.82) is 0 Å². The van der Waals surface area contributed by atoms with Crippen LogP contribution in [0.5, 0.6) is 34.5 Å². The van der Waals surface area contributed by atoms with E-state index >= 15 is 0 Å². The summed E-state index contributed by atoms with van der Waals surface area (Å²) in [6.45, 7) is 7.91. The highest BCUT2D eigenvalue weighted by molar-refractivity contribution is 5.90. The number of methoxy groups -OCH3 is 4. The van der Waals surface area contributed by atoms with Gasteiger partial charge in [0.25, 0.3) is 0 Å². The molecule has 3 atom stereocenters. The summed E-state index contributed by atoms with van der Waals surface area (Å²) < 4.78 is 41.0. The number of rotatable bonds is 6. The maximum atomic E-state index is 13.0. The summed E-state index contributed by atoms with van der Waals surface area (Å²) in [6, 6.07) is 3.86. The Labute approximate surface area is 212 Å². The third-order valence-electron chi connectivity index (χ3n) is 7.23. The van der Waals surface area contributed by atoms with Crippen molar-refractivity contribution in [2.45, 2.75) is 40.2 Å². The molecule has 2 aromatic carbocycles. The molecule has 8 nitrogen and oxygen atoms in total. The molecule has 0 fully saturated rings. The van der Waals surface area contributed by atoms with Gasteiger partial charge < -0.3 is 33.2 Å². The fourth-order valence-electron chi connectivity index (χ4n) is 4.96. The summed E-state index contributed by atoms with van der Waals surface area (Å²) >= 11 is 0. The van der Waals surface area contributed by atoms with E-state index in [0.29, 0.717) is 52.1 Å². The van der Waals surface area contributed by atoms with E-state index in [0.717, 1.165) is 16.7 Å². The summed E-state index contributed by atoms with van der Waals surface area (Å²) in [4.78, 5) is 13.0.